The standard InChI is InChI=1S/C15H18ClN5O2/c16-11-3-1-2-4-12(11)18-15(22)17-9-13-19-14(21-20-13)10-5-7-23-8-6-10/h1-4,10H,5-9H2,(H2,17,18,22)(H,19,20,21). The summed E-state index contributed by atoms with van der Waals surface area (Å²) in [5.74, 6) is 1.74. The van der Waals surface area contributed by atoms with Crippen LogP contribution in [0.5, 0.6) is 0 Å². The first-order valence-electron chi connectivity index (χ1n) is 7.50. The molecule has 0 aliphatic carbocycles. The minimum absolute atomic E-state index is 0.270. The van der Waals surface area contributed by atoms with Crippen molar-refractivity contribution in [2.45, 2.75) is 25.3 Å². The number of aromatic amines is 1. The summed E-state index contributed by atoms with van der Waals surface area (Å²) < 4.78 is 5.33. The molecule has 8 heteroatoms. The van der Waals surface area contributed by atoms with Crippen LogP contribution in [0.1, 0.15) is 30.4 Å². The third-order valence-electron chi connectivity index (χ3n) is 3.67. The van der Waals surface area contributed by atoms with Gasteiger partial charge in [-0.25, -0.2) is 9.78 Å². The minimum atomic E-state index is -0.345. The molecule has 1 saturated heterocycles. The SMILES string of the molecule is O=C(NCc1nc(C2CCOCC2)n[nH]1)Nc1ccccc1Cl. The molecule has 0 radical (unpaired) electrons. The zero-order valence-corrected chi connectivity index (χ0v) is 13.3. The van der Waals surface area contributed by atoms with E-state index in [4.69, 9.17) is 16.3 Å². The second-order valence-corrected chi connectivity index (χ2v) is 5.72. The van der Waals surface area contributed by atoms with E-state index in [0.717, 1.165) is 31.9 Å². The van der Waals surface area contributed by atoms with Crippen LogP contribution in [0.3, 0.4) is 0 Å². The summed E-state index contributed by atoms with van der Waals surface area (Å²) in [6.45, 7) is 1.76. The highest BCUT2D eigenvalue weighted by Crippen LogP contribution is 2.23. The van der Waals surface area contributed by atoms with Gasteiger partial charge in [-0.2, -0.15) is 5.10 Å². The van der Waals surface area contributed by atoms with Crippen molar-refractivity contribution in [3.63, 3.8) is 0 Å². The van der Waals surface area contributed by atoms with Gasteiger partial charge in [0, 0.05) is 19.1 Å². The van der Waals surface area contributed by atoms with Gasteiger partial charge < -0.3 is 15.4 Å². The molecule has 1 aromatic heterocycles. The molecule has 1 aliphatic rings. The van der Waals surface area contributed by atoms with Crippen LogP contribution in [-0.4, -0.2) is 34.4 Å². The number of benzene rings is 1. The molecule has 0 bridgehead atoms. The maximum atomic E-state index is 11.9. The molecular formula is C15H18ClN5O2. The average Bonchev–Trinajstić information content (AvgIpc) is 3.05. The van der Waals surface area contributed by atoms with E-state index in [1.807, 2.05) is 0 Å². The lowest BCUT2D eigenvalue weighted by Gasteiger charge is -2.18. The van der Waals surface area contributed by atoms with Gasteiger partial charge in [-0.15, -0.1) is 0 Å². The van der Waals surface area contributed by atoms with E-state index < -0.39 is 0 Å². The van der Waals surface area contributed by atoms with Gasteiger partial charge in [0.15, 0.2) is 5.82 Å². The smallest absolute Gasteiger partial charge is 0.319 e. The Balaban J connectivity index is 1.51. The highest BCUT2D eigenvalue weighted by molar-refractivity contribution is 6.33. The maximum absolute atomic E-state index is 11.9. The number of ether oxygens (including phenoxy) is 1. The number of rotatable bonds is 4. The Morgan fingerprint density at radius 1 is 1.35 bits per heavy atom. The van der Waals surface area contributed by atoms with Gasteiger partial charge in [-0.1, -0.05) is 23.7 Å². The van der Waals surface area contributed by atoms with E-state index in [1.54, 1.807) is 24.3 Å². The number of H-pyrrole nitrogens is 1. The van der Waals surface area contributed by atoms with Crippen LogP contribution in [-0.2, 0) is 11.3 Å². The van der Waals surface area contributed by atoms with Crippen LogP contribution in [0.15, 0.2) is 24.3 Å². The quantitative estimate of drug-likeness (QED) is 0.801. The number of nitrogens with zero attached hydrogens (tertiary/aromatic N) is 2. The van der Waals surface area contributed by atoms with Crippen LogP contribution in [0.25, 0.3) is 0 Å². The summed E-state index contributed by atoms with van der Waals surface area (Å²) in [6, 6.07) is 6.71. The van der Waals surface area contributed by atoms with Gasteiger partial charge in [-0.05, 0) is 25.0 Å². The summed E-state index contributed by atoms with van der Waals surface area (Å²) in [5.41, 5.74) is 0.562. The van der Waals surface area contributed by atoms with Crippen LogP contribution < -0.4 is 10.6 Å². The minimum Gasteiger partial charge on any atom is -0.381 e. The van der Waals surface area contributed by atoms with E-state index in [2.05, 4.69) is 25.8 Å². The summed E-state index contributed by atoms with van der Waals surface area (Å²) >= 11 is 5.99. The fraction of sp³-hybridized carbons (Fsp3) is 0.400. The number of para-hydroxylation sites is 1. The topological polar surface area (TPSA) is 91.9 Å². The van der Waals surface area contributed by atoms with E-state index in [9.17, 15) is 4.79 Å². The zero-order valence-electron chi connectivity index (χ0n) is 12.5. The molecule has 2 aromatic rings. The first-order chi connectivity index (χ1) is 11.2. The van der Waals surface area contributed by atoms with Crippen molar-refractivity contribution in [2.24, 2.45) is 0 Å². The molecule has 1 fully saturated rings. The van der Waals surface area contributed by atoms with Gasteiger partial charge in [-0.3, -0.25) is 5.10 Å². The van der Waals surface area contributed by atoms with E-state index in [1.165, 1.54) is 0 Å². The second-order valence-electron chi connectivity index (χ2n) is 5.31. The lowest BCUT2D eigenvalue weighted by Crippen LogP contribution is -2.28. The van der Waals surface area contributed by atoms with E-state index in [-0.39, 0.29) is 12.6 Å². The Bertz CT molecular complexity index is 669. The van der Waals surface area contributed by atoms with Crippen molar-refractivity contribution in [1.29, 1.82) is 0 Å². The van der Waals surface area contributed by atoms with Crippen molar-refractivity contribution >= 4 is 23.3 Å². The molecule has 23 heavy (non-hydrogen) atoms. The second kappa shape index (κ2) is 7.43. The highest BCUT2D eigenvalue weighted by Gasteiger charge is 2.20. The number of anilines is 1. The first kappa shape index (κ1) is 15.8. The normalized spacial score (nSPS) is 15.3. The van der Waals surface area contributed by atoms with Gasteiger partial charge in [0.25, 0.3) is 0 Å². The third-order valence-corrected chi connectivity index (χ3v) is 4.00. The van der Waals surface area contributed by atoms with Crippen molar-refractivity contribution < 1.29 is 9.53 Å². The van der Waals surface area contributed by atoms with Gasteiger partial charge in [0.2, 0.25) is 0 Å². The van der Waals surface area contributed by atoms with Crippen LogP contribution in [0.2, 0.25) is 5.02 Å². The van der Waals surface area contributed by atoms with Crippen molar-refractivity contribution in [3.05, 3.63) is 40.9 Å². The van der Waals surface area contributed by atoms with Gasteiger partial charge in [0.05, 0.1) is 17.3 Å². The van der Waals surface area contributed by atoms with Gasteiger partial charge in [0.1, 0.15) is 5.82 Å². The molecule has 2 amide bonds. The number of hydrogen-bond donors (Lipinski definition) is 3. The number of aromatic nitrogens is 3. The maximum Gasteiger partial charge on any atom is 0.319 e. The van der Waals surface area contributed by atoms with Crippen LogP contribution in [0, 0.1) is 0 Å². The zero-order chi connectivity index (χ0) is 16.1. The third kappa shape index (κ3) is 4.20. The predicted molar refractivity (Wildman–Crippen MR) is 86.5 cm³/mol. The molecule has 122 valence electrons. The Kier molecular flexibility index (Phi) is 5.09. The monoisotopic (exact) mass is 335 g/mol. The Hall–Kier alpha value is -2.12. The van der Waals surface area contributed by atoms with Crippen molar-refractivity contribution in [1.82, 2.24) is 20.5 Å². The van der Waals surface area contributed by atoms with Gasteiger partial charge >= 0.3 is 6.03 Å². The fourth-order valence-electron chi connectivity index (χ4n) is 2.42. The van der Waals surface area contributed by atoms with Crippen molar-refractivity contribution in [2.75, 3.05) is 18.5 Å². The number of halogens is 1. The largest absolute Gasteiger partial charge is 0.381 e. The Morgan fingerprint density at radius 3 is 2.91 bits per heavy atom. The lowest BCUT2D eigenvalue weighted by atomic mass is 10.00. The van der Waals surface area contributed by atoms with E-state index in [0.29, 0.717) is 22.5 Å². The molecule has 7 nitrogen and oxygen atoms in total. The number of carbonyl (C=O) groups is 1. The average molecular weight is 336 g/mol. The summed E-state index contributed by atoms with van der Waals surface area (Å²) in [5, 5.41) is 13.0. The molecule has 0 saturated carbocycles. The lowest BCUT2D eigenvalue weighted by molar-refractivity contribution is 0.0836. The van der Waals surface area contributed by atoms with Crippen LogP contribution in [0.4, 0.5) is 10.5 Å². The molecule has 3 rings (SSSR count). The molecule has 3 N–H and O–H groups in total. The molecule has 0 spiro atoms. The Labute approximate surface area is 138 Å². The molecule has 1 aliphatic heterocycles. The molecule has 0 atom stereocenters. The summed E-state index contributed by atoms with van der Waals surface area (Å²) in [7, 11) is 0. The fourth-order valence-corrected chi connectivity index (χ4v) is 2.60. The number of amides is 2. The number of carbonyl (C=O) groups excluding carboxylic acids is 1. The molecule has 0 unspecified atom stereocenters. The summed E-state index contributed by atoms with van der Waals surface area (Å²) in [6.07, 6.45) is 1.86. The highest BCUT2D eigenvalue weighted by atomic mass is 35.5. The number of nitrogens with one attached hydrogen (secondary N) is 3. The molecule has 1 aromatic carbocycles. The number of urea groups is 1. The molecule has 2 heterocycles. The predicted octanol–water partition coefficient (Wildman–Crippen LogP) is 2.67. The van der Waals surface area contributed by atoms with E-state index >= 15 is 0 Å². The van der Waals surface area contributed by atoms with Crippen LogP contribution >= 0.6 is 11.6 Å². The number of hydrogen-bond acceptors (Lipinski definition) is 4. The molecular weight excluding hydrogens is 318 g/mol. The van der Waals surface area contributed by atoms with Crippen molar-refractivity contribution in [3.8, 4) is 0 Å². The Morgan fingerprint density at radius 2 is 2.13 bits per heavy atom. The first-order valence-corrected chi connectivity index (χ1v) is 7.88. The summed E-state index contributed by atoms with van der Waals surface area (Å²) in [4.78, 5) is 16.3.